The van der Waals surface area contributed by atoms with Crippen LogP contribution in [0.5, 0.6) is 0 Å². The zero-order chi connectivity index (χ0) is 60.6. The van der Waals surface area contributed by atoms with Gasteiger partial charge in [-0.25, -0.2) is 0 Å². The molecule has 1 amide bonds. The van der Waals surface area contributed by atoms with Gasteiger partial charge in [0.15, 0.2) is 0 Å². The molecule has 0 aliphatic rings. The summed E-state index contributed by atoms with van der Waals surface area (Å²) in [6.07, 6.45) is 96.2. The first kappa shape index (κ1) is 81.8. The summed E-state index contributed by atoms with van der Waals surface area (Å²) in [5.74, 6) is -0.0247. The number of ether oxygens (including phenoxy) is 1. The predicted octanol–water partition coefficient (Wildman–Crippen LogP) is 24.8. The summed E-state index contributed by atoms with van der Waals surface area (Å²) in [5.41, 5.74) is 0. The van der Waals surface area contributed by atoms with Crippen LogP contribution in [0.2, 0.25) is 0 Å². The van der Waals surface area contributed by atoms with Crippen LogP contribution >= 0.6 is 0 Å². The quantitative estimate of drug-likeness (QED) is 0.0320. The second kappa shape index (κ2) is 73.3. The SMILES string of the molecule is CCCCC/C=C\C/C=C\CCCCCCCC(=O)OCCCCCCCCCCCCCCC/C=C\C/C=C\CCCCCCCCCCCCCCCCCCCC(=O)NC(CO)C(O)CCCCCCCCCCCCCCCCC. The summed E-state index contributed by atoms with van der Waals surface area (Å²) in [7, 11) is 0. The van der Waals surface area contributed by atoms with Crippen molar-refractivity contribution in [2.45, 2.75) is 424 Å². The van der Waals surface area contributed by atoms with Crippen molar-refractivity contribution in [3.63, 3.8) is 0 Å². The summed E-state index contributed by atoms with van der Waals surface area (Å²) in [6, 6.07) is -0.540. The van der Waals surface area contributed by atoms with Gasteiger partial charge in [-0.3, -0.25) is 9.59 Å². The Morgan fingerprint density at radius 3 is 0.929 bits per heavy atom. The van der Waals surface area contributed by atoms with Gasteiger partial charge in [-0.1, -0.05) is 358 Å². The van der Waals surface area contributed by atoms with Gasteiger partial charge in [0.25, 0.3) is 0 Å². The van der Waals surface area contributed by atoms with Crippen molar-refractivity contribution in [1.82, 2.24) is 5.32 Å². The Morgan fingerprint density at radius 2 is 0.595 bits per heavy atom. The van der Waals surface area contributed by atoms with E-state index in [1.807, 2.05) is 0 Å². The zero-order valence-electron chi connectivity index (χ0n) is 56.6. The van der Waals surface area contributed by atoms with E-state index in [0.29, 0.717) is 25.9 Å². The monoisotopic (exact) mass is 1180 g/mol. The zero-order valence-corrected chi connectivity index (χ0v) is 56.6. The van der Waals surface area contributed by atoms with E-state index >= 15 is 0 Å². The van der Waals surface area contributed by atoms with Gasteiger partial charge in [0.1, 0.15) is 0 Å². The van der Waals surface area contributed by atoms with E-state index in [1.165, 1.54) is 321 Å². The molecule has 6 heteroatoms. The first-order valence-electron chi connectivity index (χ1n) is 37.9. The average molecular weight is 1180 g/mol. The van der Waals surface area contributed by atoms with E-state index in [1.54, 1.807) is 0 Å². The number of aliphatic hydroxyl groups excluding tert-OH is 2. The molecule has 6 nitrogen and oxygen atoms in total. The number of carbonyl (C=O) groups excluding carboxylic acids is 2. The molecule has 0 aromatic heterocycles. The van der Waals surface area contributed by atoms with E-state index in [4.69, 9.17) is 4.74 Å². The molecule has 0 aromatic rings. The molecule has 0 rings (SSSR count). The maximum Gasteiger partial charge on any atom is 0.305 e. The van der Waals surface area contributed by atoms with E-state index in [9.17, 15) is 19.8 Å². The molecule has 2 unspecified atom stereocenters. The molecule has 0 aliphatic carbocycles. The molecule has 2 atom stereocenters. The molecule has 494 valence electrons. The van der Waals surface area contributed by atoms with Gasteiger partial charge in [-0.2, -0.15) is 0 Å². The Morgan fingerprint density at radius 1 is 0.333 bits per heavy atom. The van der Waals surface area contributed by atoms with Crippen LogP contribution in [0.4, 0.5) is 0 Å². The van der Waals surface area contributed by atoms with Crippen LogP contribution < -0.4 is 5.32 Å². The molecular formula is C78H147NO5. The molecule has 0 saturated carbocycles. The molecular weight excluding hydrogens is 1030 g/mol. The Kier molecular flexibility index (Phi) is 71.4. The Labute approximate surface area is 525 Å². The number of hydrogen-bond donors (Lipinski definition) is 3. The standard InChI is InChI=1S/C78H147NO5/c1-3-5-7-9-11-13-15-17-42-46-50-54-58-62-66-70-76(81)75(74-80)79-77(82)71-67-63-59-55-51-47-44-40-38-36-34-32-30-28-26-24-22-20-19-21-23-25-27-29-31-33-35-37-39-41-45-49-53-57-61-65-69-73-84-78(83)72-68-64-60-56-52-48-43-18-16-14-12-10-8-6-4-2/h12,14,18-19,21,25,27,43,75-76,80-81H,3-11,13,15-17,20,22-24,26,28-42,44-74H2,1-2H3,(H,79,82)/b14-12-,21-19-,27-25-,43-18-. The number of allylic oxidation sites excluding steroid dienone is 8. The fourth-order valence-electron chi connectivity index (χ4n) is 11.8. The summed E-state index contributed by atoms with van der Waals surface area (Å²) >= 11 is 0. The summed E-state index contributed by atoms with van der Waals surface area (Å²) < 4.78 is 5.49. The van der Waals surface area contributed by atoms with Crippen molar-refractivity contribution in [2.24, 2.45) is 0 Å². The average Bonchev–Trinajstić information content (AvgIpc) is 3.53. The predicted molar refractivity (Wildman–Crippen MR) is 370 cm³/mol. The van der Waals surface area contributed by atoms with Gasteiger partial charge < -0.3 is 20.3 Å². The van der Waals surface area contributed by atoms with Gasteiger partial charge in [-0.15, -0.1) is 0 Å². The normalized spacial score (nSPS) is 12.8. The number of rotatable bonds is 71. The number of esters is 1. The van der Waals surface area contributed by atoms with Crippen molar-refractivity contribution in [1.29, 1.82) is 0 Å². The highest BCUT2D eigenvalue weighted by molar-refractivity contribution is 5.76. The first-order valence-corrected chi connectivity index (χ1v) is 37.9. The third-order valence-electron chi connectivity index (χ3n) is 17.6. The van der Waals surface area contributed by atoms with E-state index < -0.39 is 12.1 Å². The van der Waals surface area contributed by atoms with Gasteiger partial charge >= 0.3 is 5.97 Å². The molecule has 84 heavy (non-hydrogen) atoms. The Bertz CT molecular complexity index is 1400. The molecule has 0 radical (unpaired) electrons. The highest BCUT2D eigenvalue weighted by Crippen LogP contribution is 2.19. The lowest BCUT2D eigenvalue weighted by atomic mass is 10.0. The largest absolute Gasteiger partial charge is 0.466 e. The van der Waals surface area contributed by atoms with Gasteiger partial charge in [0, 0.05) is 12.8 Å². The lowest BCUT2D eigenvalue weighted by Crippen LogP contribution is -2.45. The molecule has 3 N–H and O–H groups in total. The minimum atomic E-state index is -0.662. The third kappa shape index (κ3) is 68.9. The second-order valence-corrected chi connectivity index (χ2v) is 26.0. The maximum atomic E-state index is 12.5. The molecule has 0 fully saturated rings. The van der Waals surface area contributed by atoms with Crippen molar-refractivity contribution in [3.05, 3.63) is 48.6 Å². The molecule has 0 spiro atoms. The van der Waals surface area contributed by atoms with Gasteiger partial charge in [-0.05, 0) is 89.9 Å². The molecule has 0 bridgehead atoms. The Hall–Kier alpha value is -2.18. The number of amides is 1. The number of aliphatic hydroxyl groups is 2. The number of unbranched alkanes of at least 4 members (excludes halogenated alkanes) is 52. The van der Waals surface area contributed by atoms with Crippen LogP contribution in [0, 0.1) is 0 Å². The summed E-state index contributed by atoms with van der Waals surface area (Å²) in [4.78, 5) is 24.6. The summed E-state index contributed by atoms with van der Waals surface area (Å²) in [5, 5.41) is 23.3. The molecule has 0 saturated heterocycles. The molecule has 0 heterocycles. The fraction of sp³-hybridized carbons (Fsp3) is 0.872. The smallest absolute Gasteiger partial charge is 0.305 e. The van der Waals surface area contributed by atoms with Crippen molar-refractivity contribution in [3.8, 4) is 0 Å². The number of hydrogen-bond acceptors (Lipinski definition) is 5. The lowest BCUT2D eigenvalue weighted by molar-refractivity contribution is -0.143. The summed E-state index contributed by atoms with van der Waals surface area (Å²) in [6.45, 7) is 4.95. The lowest BCUT2D eigenvalue weighted by Gasteiger charge is -2.22. The van der Waals surface area contributed by atoms with Crippen molar-refractivity contribution in [2.75, 3.05) is 13.2 Å². The first-order chi connectivity index (χ1) is 41.5. The molecule has 0 aromatic carbocycles. The second-order valence-electron chi connectivity index (χ2n) is 26.0. The third-order valence-corrected chi connectivity index (χ3v) is 17.6. The van der Waals surface area contributed by atoms with Crippen LogP contribution in [0.1, 0.15) is 412 Å². The minimum absolute atomic E-state index is 0.00490. The Balaban J connectivity index is 3.36. The molecule has 0 aliphatic heterocycles. The minimum Gasteiger partial charge on any atom is -0.466 e. The van der Waals surface area contributed by atoms with Crippen LogP contribution in [0.15, 0.2) is 48.6 Å². The maximum absolute atomic E-state index is 12.5. The van der Waals surface area contributed by atoms with Crippen LogP contribution in [-0.2, 0) is 14.3 Å². The highest BCUT2D eigenvalue weighted by Gasteiger charge is 2.20. The fourth-order valence-corrected chi connectivity index (χ4v) is 11.8. The number of carbonyl (C=O) groups is 2. The van der Waals surface area contributed by atoms with E-state index in [0.717, 1.165) is 57.8 Å². The topological polar surface area (TPSA) is 95.9 Å². The van der Waals surface area contributed by atoms with Crippen LogP contribution in [0.3, 0.4) is 0 Å². The number of nitrogens with one attached hydrogen (secondary N) is 1. The highest BCUT2D eigenvalue weighted by atomic mass is 16.5. The van der Waals surface area contributed by atoms with Crippen LogP contribution in [-0.4, -0.2) is 47.4 Å². The van der Waals surface area contributed by atoms with Gasteiger partial charge in [0.2, 0.25) is 5.91 Å². The van der Waals surface area contributed by atoms with Crippen molar-refractivity contribution >= 4 is 11.9 Å². The van der Waals surface area contributed by atoms with Crippen LogP contribution in [0.25, 0.3) is 0 Å². The van der Waals surface area contributed by atoms with E-state index in [2.05, 4.69) is 67.8 Å². The van der Waals surface area contributed by atoms with Gasteiger partial charge in [0.05, 0.1) is 25.4 Å². The van der Waals surface area contributed by atoms with Crippen molar-refractivity contribution < 1.29 is 24.5 Å². The van der Waals surface area contributed by atoms with E-state index in [-0.39, 0.29) is 18.5 Å².